The van der Waals surface area contributed by atoms with Gasteiger partial charge in [0, 0.05) is 31.2 Å². The van der Waals surface area contributed by atoms with Crippen molar-refractivity contribution in [3.63, 3.8) is 0 Å². The quantitative estimate of drug-likeness (QED) is 0.756. The van der Waals surface area contributed by atoms with Gasteiger partial charge in [0.1, 0.15) is 0 Å². The lowest BCUT2D eigenvalue weighted by atomic mass is 10.0. The van der Waals surface area contributed by atoms with Gasteiger partial charge in [-0.15, -0.1) is 0 Å². The van der Waals surface area contributed by atoms with Crippen LogP contribution in [0, 0.1) is 0 Å². The third-order valence-corrected chi connectivity index (χ3v) is 3.40. The number of nitrogens with zero attached hydrogens (tertiary/aromatic N) is 1. The van der Waals surface area contributed by atoms with Gasteiger partial charge < -0.3 is 15.4 Å². The number of nitrogens with one attached hydrogen (secondary N) is 2. The summed E-state index contributed by atoms with van der Waals surface area (Å²) in [5.74, 6) is 0. The summed E-state index contributed by atoms with van der Waals surface area (Å²) in [6.45, 7) is 8.43. The molecular formula is C12H23N3O2. The Morgan fingerprint density at radius 1 is 1.47 bits per heavy atom. The van der Waals surface area contributed by atoms with Crippen molar-refractivity contribution in [1.29, 1.82) is 0 Å². The number of ether oxygens (including phenoxy) is 1. The molecule has 2 rings (SSSR count). The lowest BCUT2D eigenvalue weighted by molar-refractivity contribution is -0.0497. The number of amides is 2. The number of hydrogen-bond acceptors (Lipinski definition) is 3. The van der Waals surface area contributed by atoms with E-state index in [1.807, 2.05) is 0 Å². The van der Waals surface area contributed by atoms with Gasteiger partial charge in [-0.1, -0.05) is 0 Å². The fraction of sp³-hybridized carbons (Fsp3) is 0.917. The SMILES string of the molecule is CC1(C)COCCN1CCNC(=O)NC1CC1. The first kappa shape index (κ1) is 12.6. The Morgan fingerprint density at radius 2 is 2.24 bits per heavy atom. The average Bonchev–Trinajstić information content (AvgIpc) is 3.04. The van der Waals surface area contributed by atoms with Crippen LogP contribution < -0.4 is 10.6 Å². The van der Waals surface area contributed by atoms with E-state index >= 15 is 0 Å². The van der Waals surface area contributed by atoms with E-state index in [-0.39, 0.29) is 11.6 Å². The normalized spacial score (nSPS) is 24.4. The highest BCUT2D eigenvalue weighted by Gasteiger charge is 2.30. The monoisotopic (exact) mass is 241 g/mol. The Hall–Kier alpha value is -0.810. The summed E-state index contributed by atoms with van der Waals surface area (Å²) in [5, 5.41) is 5.83. The van der Waals surface area contributed by atoms with Crippen molar-refractivity contribution >= 4 is 6.03 Å². The molecule has 1 aliphatic carbocycles. The van der Waals surface area contributed by atoms with E-state index in [0.717, 1.165) is 39.1 Å². The van der Waals surface area contributed by atoms with Crippen LogP contribution in [0.4, 0.5) is 4.79 Å². The van der Waals surface area contributed by atoms with Gasteiger partial charge in [0.2, 0.25) is 0 Å². The molecule has 1 heterocycles. The Balaban J connectivity index is 1.64. The molecule has 2 N–H and O–H groups in total. The second-order valence-electron chi connectivity index (χ2n) is 5.53. The highest BCUT2D eigenvalue weighted by atomic mass is 16.5. The second-order valence-corrected chi connectivity index (χ2v) is 5.53. The van der Waals surface area contributed by atoms with E-state index in [4.69, 9.17) is 4.74 Å². The molecule has 98 valence electrons. The zero-order chi connectivity index (χ0) is 12.3. The molecule has 0 atom stereocenters. The standard InChI is InChI=1S/C12H23N3O2/c1-12(2)9-17-8-7-15(12)6-5-13-11(16)14-10-3-4-10/h10H,3-9H2,1-2H3,(H2,13,14,16). The van der Waals surface area contributed by atoms with Gasteiger partial charge >= 0.3 is 6.03 Å². The number of urea groups is 1. The highest BCUT2D eigenvalue weighted by molar-refractivity contribution is 5.74. The van der Waals surface area contributed by atoms with Crippen molar-refractivity contribution in [1.82, 2.24) is 15.5 Å². The van der Waals surface area contributed by atoms with Crippen LogP contribution in [0.15, 0.2) is 0 Å². The Kier molecular flexibility index (Phi) is 3.89. The van der Waals surface area contributed by atoms with Crippen LogP contribution in [0.3, 0.4) is 0 Å². The largest absolute Gasteiger partial charge is 0.378 e. The number of rotatable bonds is 4. The summed E-state index contributed by atoms with van der Waals surface area (Å²) in [4.78, 5) is 13.8. The molecule has 0 unspecified atom stereocenters. The molecule has 1 aliphatic heterocycles. The molecule has 1 saturated carbocycles. The van der Waals surface area contributed by atoms with Crippen LogP contribution in [0.25, 0.3) is 0 Å². The van der Waals surface area contributed by atoms with E-state index in [0.29, 0.717) is 12.6 Å². The Morgan fingerprint density at radius 3 is 2.88 bits per heavy atom. The van der Waals surface area contributed by atoms with Crippen molar-refractivity contribution in [3.8, 4) is 0 Å². The number of morpholine rings is 1. The smallest absolute Gasteiger partial charge is 0.315 e. The molecule has 0 bridgehead atoms. The topological polar surface area (TPSA) is 53.6 Å². The zero-order valence-electron chi connectivity index (χ0n) is 10.8. The van der Waals surface area contributed by atoms with Crippen molar-refractivity contribution in [2.75, 3.05) is 32.8 Å². The second kappa shape index (κ2) is 5.23. The summed E-state index contributed by atoms with van der Waals surface area (Å²) in [5.41, 5.74) is 0.0763. The minimum absolute atomic E-state index is 0.0291. The van der Waals surface area contributed by atoms with Gasteiger partial charge in [0.25, 0.3) is 0 Å². The molecule has 2 aliphatic rings. The lowest BCUT2D eigenvalue weighted by Crippen LogP contribution is -2.55. The van der Waals surface area contributed by atoms with Crippen molar-refractivity contribution in [2.24, 2.45) is 0 Å². The van der Waals surface area contributed by atoms with Gasteiger partial charge in [0.15, 0.2) is 0 Å². The summed E-state index contributed by atoms with van der Waals surface area (Å²) in [7, 11) is 0. The molecule has 0 aromatic heterocycles. The minimum Gasteiger partial charge on any atom is -0.378 e. The minimum atomic E-state index is -0.0291. The molecule has 2 amide bonds. The van der Waals surface area contributed by atoms with Crippen molar-refractivity contribution in [2.45, 2.75) is 38.3 Å². The third kappa shape index (κ3) is 3.85. The lowest BCUT2D eigenvalue weighted by Gasteiger charge is -2.42. The predicted molar refractivity (Wildman–Crippen MR) is 66.0 cm³/mol. The number of carbonyl (C=O) groups excluding carboxylic acids is 1. The number of hydrogen-bond donors (Lipinski definition) is 2. The van der Waals surface area contributed by atoms with Gasteiger partial charge in [-0.3, -0.25) is 4.90 Å². The van der Waals surface area contributed by atoms with E-state index < -0.39 is 0 Å². The van der Waals surface area contributed by atoms with Gasteiger partial charge in [-0.2, -0.15) is 0 Å². The molecule has 1 saturated heterocycles. The van der Waals surface area contributed by atoms with E-state index in [1.165, 1.54) is 0 Å². The van der Waals surface area contributed by atoms with Gasteiger partial charge in [-0.25, -0.2) is 4.79 Å². The van der Waals surface area contributed by atoms with Crippen LogP contribution in [0.2, 0.25) is 0 Å². The maximum Gasteiger partial charge on any atom is 0.315 e. The molecule has 0 radical (unpaired) electrons. The third-order valence-electron chi connectivity index (χ3n) is 3.40. The summed E-state index contributed by atoms with van der Waals surface area (Å²) < 4.78 is 5.46. The molecular weight excluding hydrogens is 218 g/mol. The molecule has 5 heteroatoms. The maximum absolute atomic E-state index is 11.4. The van der Waals surface area contributed by atoms with Crippen LogP contribution in [-0.2, 0) is 4.74 Å². The summed E-state index contributed by atoms with van der Waals surface area (Å²) in [6, 6.07) is 0.397. The Labute approximate surface area is 103 Å². The van der Waals surface area contributed by atoms with E-state index in [9.17, 15) is 4.79 Å². The van der Waals surface area contributed by atoms with Gasteiger partial charge in [-0.05, 0) is 26.7 Å². The first-order valence-corrected chi connectivity index (χ1v) is 6.45. The van der Waals surface area contributed by atoms with Crippen LogP contribution in [-0.4, -0.2) is 55.4 Å². The van der Waals surface area contributed by atoms with Crippen molar-refractivity contribution in [3.05, 3.63) is 0 Å². The molecule has 17 heavy (non-hydrogen) atoms. The molecule has 2 fully saturated rings. The first-order chi connectivity index (χ1) is 8.08. The van der Waals surface area contributed by atoms with Crippen LogP contribution in [0.1, 0.15) is 26.7 Å². The average molecular weight is 241 g/mol. The molecule has 0 aromatic carbocycles. The maximum atomic E-state index is 11.4. The zero-order valence-corrected chi connectivity index (χ0v) is 10.8. The van der Waals surface area contributed by atoms with Gasteiger partial charge in [0.05, 0.1) is 13.2 Å². The summed E-state index contributed by atoms with van der Waals surface area (Å²) >= 11 is 0. The first-order valence-electron chi connectivity index (χ1n) is 6.45. The molecule has 5 nitrogen and oxygen atoms in total. The van der Waals surface area contributed by atoms with Crippen LogP contribution >= 0.6 is 0 Å². The predicted octanol–water partition coefficient (Wildman–Crippen LogP) is 0.559. The summed E-state index contributed by atoms with van der Waals surface area (Å²) in [6.07, 6.45) is 2.26. The molecule has 0 aromatic rings. The van der Waals surface area contributed by atoms with E-state index in [2.05, 4.69) is 29.4 Å². The fourth-order valence-corrected chi connectivity index (χ4v) is 2.07. The number of carbonyl (C=O) groups is 1. The van der Waals surface area contributed by atoms with E-state index in [1.54, 1.807) is 0 Å². The highest BCUT2D eigenvalue weighted by Crippen LogP contribution is 2.18. The fourth-order valence-electron chi connectivity index (χ4n) is 2.07. The van der Waals surface area contributed by atoms with Crippen LogP contribution in [0.5, 0.6) is 0 Å². The molecule has 0 spiro atoms. The van der Waals surface area contributed by atoms with Crippen molar-refractivity contribution < 1.29 is 9.53 Å². The Bertz CT molecular complexity index is 277.